The average molecular weight is 346 g/mol. The average Bonchev–Trinajstić information content (AvgIpc) is 2.59. The normalized spacial score (nSPS) is 16.6. The summed E-state index contributed by atoms with van der Waals surface area (Å²) < 4.78 is 0. The van der Waals surface area contributed by atoms with Crippen LogP contribution in [0.4, 0.5) is 0 Å². The number of hydrogen-bond donors (Lipinski definition) is 2. The van der Waals surface area contributed by atoms with Crippen LogP contribution in [0.15, 0.2) is 24.3 Å². The lowest BCUT2D eigenvalue weighted by molar-refractivity contribution is -0.146. The third kappa shape index (κ3) is 4.59. The molecule has 1 unspecified atom stereocenters. The molecule has 1 aliphatic rings. The SMILES string of the molecule is Cc1ccccc1C(=O)NC(C(=O)N1CCC(C(=O)O)CC1)C(C)C. The number of benzene rings is 1. The van der Waals surface area contributed by atoms with Gasteiger partial charge in [0.05, 0.1) is 5.92 Å². The minimum Gasteiger partial charge on any atom is -0.481 e. The van der Waals surface area contributed by atoms with Gasteiger partial charge >= 0.3 is 5.97 Å². The van der Waals surface area contributed by atoms with Gasteiger partial charge in [0, 0.05) is 18.7 Å². The van der Waals surface area contributed by atoms with Crippen LogP contribution in [0, 0.1) is 18.8 Å². The van der Waals surface area contributed by atoms with Crippen molar-refractivity contribution in [3.8, 4) is 0 Å². The van der Waals surface area contributed by atoms with Crippen molar-refractivity contribution in [2.75, 3.05) is 13.1 Å². The number of nitrogens with zero attached hydrogens (tertiary/aromatic N) is 1. The minimum absolute atomic E-state index is 0.0577. The summed E-state index contributed by atoms with van der Waals surface area (Å²) in [4.78, 5) is 38.1. The number of carbonyl (C=O) groups is 3. The molecule has 2 N–H and O–H groups in total. The Morgan fingerprint density at radius 3 is 2.28 bits per heavy atom. The van der Waals surface area contributed by atoms with Crippen LogP contribution in [0.3, 0.4) is 0 Å². The maximum atomic E-state index is 12.8. The molecule has 2 rings (SSSR count). The lowest BCUT2D eigenvalue weighted by Crippen LogP contribution is -2.53. The van der Waals surface area contributed by atoms with E-state index in [4.69, 9.17) is 5.11 Å². The topological polar surface area (TPSA) is 86.7 Å². The van der Waals surface area contributed by atoms with Crippen molar-refractivity contribution in [2.45, 2.75) is 39.7 Å². The molecule has 25 heavy (non-hydrogen) atoms. The highest BCUT2D eigenvalue weighted by atomic mass is 16.4. The predicted octanol–water partition coefficient (Wildman–Crippen LogP) is 2.07. The Bertz CT molecular complexity index is 649. The predicted molar refractivity (Wildman–Crippen MR) is 94.2 cm³/mol. The lowest BCUT2D eigenvalue weighted by atomic mass is 9.95. The van der Waals surface area contributed by atoms with E-state index in [2.05, 4.69) is 5.32 Å². The summed E-state index contributed by atoms with van der Waals surface area (Å²) in [7, 11) is 0. The summed E-state index contributed by atoms with van der Waals surface area (Å²) >= 11 is 0. The Kier molecular flexibility index (Phi) is 6.17. The van der Waals surface area contributed by atoms with Crippen LogP contribution >= 0.6 is 0 Å². The lowest BCUT2D eigenvalue weighted by Gasteiger charge is -2.34. The second kappa shape index (κ2) is 8.14. The highest BCUT2D eigenvalue weighted by Crippen LogP contribution is 2.19. The Balaban J connectivity index is 2.05. The van der Waals surface area contributed by atoms with Crippen molar-refractivity contribution >= 4 is 17.8 Å². The molecular weight excluding hydrogens is 320 g/mol. The van der Waals surface area contributed by atoms with Gasteiger partial charge in [0.1, 0.15) is 6.04 Å². The first-order valence-electron chi connectivity index (χ1n) is 8.69. The molecule has 6 nitrogen and oxygen atoms in total. The van der Waals surface area contributed by atoms with Gasteiger partial charge in [-0.25, -0.2) is 0 Å². The van der Waals surface area contributed by atoms with E-state index in [1.165, 1.54) is 0 Å². The zero-order valence-corrected chi connectivity index (χ0v) is 15.0. The first-order valence-corrected chi connectivity index (χ1v) is 8.69. The fraction of sp³-hybridized carbons (Fsp3) is 0.526. The summed E-state index contributed by atoms with van der Waals surface area (Å²) in [5.74, 6) is -1.65. The highest BCUT2D eigenvalue weighted by molar-refractivity contribution is 5.98. The van der Waals surface area contributed by atoms with Crippen molar-refractivity contribution in [1.82, 2.24) is 10.2 Å². The molecule has 1 atom stereocenters. The number of likely N-dealkylation sites (tertiary alicyclic amines) is 1. The standard InChI is InChI=1S/C19H26N2O4/c1-12(2)16(20-17(22)15-7-5-4-6-13(15)3)18(23)21-10-8-14(9-11-21)19(24)25/h4-7,12,14,16H,8-11H2,1-3H3,(H,20,22)(H,24,25). The number of amides is 2. The number of aliphatic carboxylic acids is 1. The maximum Gasteiger partial charge on any atom is 0.306 e. The van der Waals surface area contributed by atoms with Crippen LogP contribution in [-0.2, 0) is 9.59 Å². The molecule has 0 aliphatic carbocycles. The molecule has 1 aliphatic heterocycles. The van der Waals surface area contributed by atoms with E-state index in [1.54, 1.807) is 17.0 Å². The van der Waals surface area contributed by atoms with Gasteiger partial charge in [0.15, 0.2) is 0 Å². The van der Waals surface area contributed by atoms with Crippen molar-refractivity contribution in [1.29, 1.82) is 0 Å². The first-order chi connectivity index (χ1) is 11.8. The molecule has 6 heteroatoms. The van der Waals surface area contributed by atoms with E-state index in [1.807, 2.05) is 32.9 Å². The van der Waals surface area contributed by atoms with Gasteiger partial charge in [-0.2, -0.15) is 0 Å². The molecule has 1 saturated heterocycles. The number of carboxylic acids is 1. The van der Waals surface area contributed by atoms with Gasteiger partial charge in [0.2, 0.25) is 5.91 Å². The van der Waals surface area contributed by atoms with E-state index < -0.39 is 12.0 Å². The molecule has 0 radical (unpaired) electrons. The van der Waals surface area contributed by atoms with Gasteiger partial charge in [-0.1, -0.05) is 32.0 Å². The molecule has 2 amide bonds. The number of piperidine rings is 1. The molecule has 0 spiro atoms. The zero-order chi connectivity index (χ0) is 18.6. The monoisotopic (exact) mass is 346 g/mol. The number of hydrogen-bond acceptors (Lipinski definition) is 3. The third-order valence-corrected chi connectivity index (χ3v) is 4.76. The van der Waals surface area contributed by atoms with Crippen molar-refractivity contribution in [3.05, 3.63) is 35.4 Å². The quantitative estimate of drug-likeness (QED) is 0.854. The molecule has 136 valence electrons. The highest BCUT2D eigenvalue weighted by Gasteiger charge is 2.33. The van der Waals surface area contributed by atoms with Crippen molar-refractivity contribution in [3.63, 3.8) is 0 Å². The van der Waals surface area contributed by atoms with E-state index in [0.29, 0.717) is 31.5 Å². The Morgan fingerprint density at radius 2 is 1.76 bits per heavy atom. The molecule has 1 aromatic rings. The van der Waals surface area contributed by atoms with Crippen LogP contribution in [0.1, 0.15) is 42.6 Å². The molecule has 0 aromatic heterocycles. The smallest absolute Gasteiger partial charge is 0.306 e. The fourth-order valence-electron chi connectivity index (χ4n) is 3.10. The zero-order valence-electron chi connectivity index (χ0n) is 15.0. The van der Waals surface area contributed by atoms with Crippen LogP contribution in [0.5, 0.6) is 0 Å². The van der Waals surface area contributed by atoms with Crippen LogP contribution in [-0.4, -0.2) is 46.9 Å². The largest absolute Gasteiger partial charge is 0.481 e. The van der Waals surface area contributed by atoms with Gasteiger partial charge in [0.25, 0.3) is 5.91 Å². The second-order valence-corrected chi connectivity index (χ2v) is 6.95. The van der Waals surface area contributed by atoms with Crippen molar-refractivity contribution in [2.24, 2.45) is 11.8 Å². The fourth-order valence-corrected chi connectivity index (χ4v) is 3.10. The van der Waals surface area contributed by atoms with E-state index in [9.17, 15) is 14.4 Å². The first kappa shape index (κ1) is 19.0. The van der Waals surface area contributed by atoms with Gasteiger partial charge in [-0.3, -0.25) is 14.4 Å². The Labute approximate surface area is 148 Å². The Hall–Kier alpha value is -2.37. The number of aryl methyl sites for hydroxylation is 1. The summed E-state index contributed by atoms with van der Waals surface area (Å²) in [6.45, 7) is 6.48. The van der Waals surface area contributed by atoms with Crippen LogP contribution in [0.2, 0.25) is 0 Å². The Morgan fingerprint density at radius 1 is 1.16 bits per heavy atom. The van der Waals surface area contributed by atoms with E-state index >= 15 is 0 Å². The minimum atomic E-state index is -0.805. The number of rotatable bonds is 5. The summed E-state index contributed by atoms with van der Waals surface area (Å²) in [5.41, 5.74) is 1.42. The van der Waals surface area contributed by atoms with Gasteiger partial charge in [-0.15, -0.1) is 0 Å². The summed E-state index contributed by atoms with van der Waals surface area (Å²) in [6, 6.07) is 6.64. The molecule has 0 bridgehead atoms. The molecule has 1 heterocycles. The second-order valence-electron chi connectivity index (χ2n) is 6.95. The summed E-state index contributed by atoms with van der Waals surface area (Å²) in [6.07, 6.45) is 0.912. The molecular formula is C19H26N2O4. The number of nitrogens with one attached hydrogen (secondary N) is 1. The summed E-state index contributed by atoms with van der Waals surface area (Å²) in [5, 5.41) is 11.9. The number of carboxylic acid groups (broad SMARTS) is 1. The third-order valence-electron chi connectivity index (χ3n) is 4.76. The van der Waals surface area contributed by atoms with Crippen molar-refractivity contribution < 1.29 is 19.5 Å². The van der Waals surface area contributed by atoms with E-state index in [-0.39, 0.29) is 23.7 Å². The van der Waals surface area contributed by atoms with Gasteiger partial charge in [-0.05, 0) is 37.3 Å². The van der Waals surface area contributed by atoms with E-state index in [0.717, 1.165) is 5.56 Å². The molecule has 1 fully saturated rings. The van der Waals surface area contributed by atoms with Crippen LogP contribution < -0.4 is 5.32 Å². The maximum absolute atomic E-state index is 12.8. The number of carbonyl (C=O) groups excluding carboxylic acids is 2. The van der Waals surface area contributed by atoms with Crippen LogP contribution in [0.25, 0.3) is 0 Å². The molecule has 1 aromatic carbocycles. The van der Waals surface area contributed by atoms with Gasteiger partial charge < -0.3 is 15.3 Å². The molecule has 0 saturated carbocycles.